The van der Waals surface area contributed by atoms with Crippen LogP contribution in [0.25, 0.3) is 21.9 Å². The van der Waals surface area contributed by atoms with Crippen LogP contribution in [0.1, 0.15) is 45.4 Å². The maximum atomic E-state index is 13.3. The van der Waals surface area contributed by atoms with E-state index >= 15 is 0 Å². The van der Waals surface area contributed by atoms with Crippen molar-refractivity contribution in [2.75, 3.05) is 12.4 Å². The van der Waals surface area contributed by atoms with Crippen molar-refractivity contribution in [1.29, 1.82) is 0 Å². The Balaban J connectivity index is 1.20. The minimum atomic E-state index is -0.914. The average molecular weight is 526 g/mol. The number of alkyl halides is 1. The first-order chi connectivity index (χ1) is 16.3. The van der Waals surface area contributed by atoms with Crippen LogP contribution in [-0.2, 0) is 14.3 Å². The van der Waals surface area contributed by atoms with Crippen LogP contribution in [0.15, 0.2) is 40.8 Å². The fourth-order valence-corrected chi connectivity index (χ4v) is 8.43. The van der Waals surface area contributed by atoms with Crippen LogP contribution < -0.4 is 10.1 Å². The minimum Gasteiger partial charge on any atom is -0.495 e. The molecule has 7 heteroatoms. The van der Waals surface area contributed by atoms with Crippen LogP contribution in [-0.4, -0.2) is 29.4 Å². The zero-order valence-corrected chi connectivity index (χ0v) is 20.9. The number of hydrogen-bond donors (Lipinski definition) is 1. The zero-order valence-electron chi connectivity index (χ0n) is 19.4. The highest BCUT2D eigenvalue weighted by molar-refractivity contribution is 9.10. The third kappa shape index (κ3) is 3.51. The van der Waals surface area contributed by atoms with Crippen LogP contribution in [0.5, 0.6) is 5.75 Å². The highest BCUT2D eigenvalue weighted by Gasteiger charge is 2.60. The molecule has 7 rings (SSSR count). The van der Waals surface area contributed by atoms with Gasteiger partial charge in [0, 0.05) is 21.2 Å². The number of methoxy groups -OCH3 is 1. The largest absolute Gasteiger partial charge is 0.495 e. The molecule has 4 saturated carbocycles. The number of nitrogens with one attached hydrogen (secondary N) is 1. The van der Waals surface area contributed by atoms with Crippen LogP contribution in [0, 0.1) is 17.3 Å². The first kappa shape index (κ1) is 22.0. The normalized spacial score (nSPS) is 30.4. The lowest BCUT2D eigenvalue weighted by molar-refractivity contribution is -0.175. The van der Waals surface area contributed by atoms with Gasteiger partial charge in [-0.05, 0) is 69.4 Å². The number of esters is 1. The summed E-state index contributed by atoms with van der Waals surface area (Å²) in [6.07, 6.45) is 5.13. The zero-order chi connectivity index (χ0) is 23.7. The van der Waals surface area contributed by atoms with E-state index in [1.54, 1.807) is 20.1 Å². The average Bonchev–Trinajstić information content (AvgIpc) is 3.14. The molecule has 2 aromatic carbocycles. The van der Waals surface area contributed by atoms with E-state index in [9.17, 15) is 9.59 Å². The number of halogens is 1. The molecule has 1 heterocycles. The fourth-order valence-electron chi connectivity index (χ4n) is 6.98. The van der Waals surface area contributed by atoms with Gasteiger partial charge in [0.2, 0.25) is 0 Å². The summed E-state index contributed by atoms with van der Waals surface area (Å²) < 4.78 is 17.3. The van der Waals surface area contributed by atoms with Gasteiger partial charge in [-0.3, -0.25) is 9.59 Å². The maximum Gasteiger partial charge on any atom is 0.312 e. The molecule has 4 bridgehead atoms. The molecule has 0 radical (unpaired) electrons. The molecule has 3 atom stereocenters. The third-order valence-electron chi connectivity index (χ3n) is 8.03. The van der Waals surface area contributed by atoms with E-state index in [1.165, 1.54) is 6.42 Å². The standard InChI is InChI=1S/C27H28BrNO5/c1-15(33-25(31)26-10-16-7-17(11-26)13-27(28,12-16)14-26)24(30)29-20-9-22-19(8-23(20)32-2)18-5-3-4-6-21(18)34-22/h3-6,8-9,15-17H,7,10-14H2,1-2H3,(H,29,30)/t15-,16+,17+,26?,27?/m0/s1. The number of fused-ring (bicyclic) bond motifs is 3. The van der Waals surface area contributed by atoms with Crippen LogP contribution in [0.3, 0.4) is 0 Å². The second-order valence-electron chi connectivity index (χ2n) is 10.6. The van der Waals surface area contributed by atoms with Crippen molar-refractivity contribution in [1.82, 2.24) is 0 Å². The molecule has 34 heavy (non-hydrogen) atoms. The number of carbonyl (C=O) groups excluding carboxylic acids is 2. The summed E-state index contributed by atoms with van der Waals surface area (Å²) in [5.74, 6) is 1.04. The Morgan fingerprint density at radius 1 is 1.09 bits per heavy atom. The van der Waals surface area contributed by atoms with Crippen molar-refractivity contribution in [2.24, 2.45) is 17.3 Å². The molecular weight excluding hydrogens is 498 g/mol. The lowest BCUT2D eigenvalue weighted by Crippen LogP contribution is -2.56. The summed E-state index contributed by atoms with van der Waals surface area (Å²) in [6, 6.07) is 11.4. The van der Waals surface area contributed by atoms with Gasteiger partial charge < -0.3 is 19.2 Å². The molecule has 0 spiro atoms. The summed E-state index contributed by atoms with van der Waals surface area (Å²) >= 11 is 3.94. The van der Waals surface area contributed by atoms with Crippen LogP contribution >= 0.6 is 15.9 Å². The monoisotopic (exact) mass is 525 g/mol. The second kappa shape index (κ2) is 7.74. The molecule has 4 aliphatic carbocycles. The smallest absolute Gasteiger partial charge is 0.312 e. The number of amides is 1. The van der Waals surface area contributed by atoms with Gasteiger partial charge in [0.1, 0.15) is 16.9 Å². The van der Waals surface area contributed by atoms with E-state index in [0.29, 0.717) is 28.9 Å². The van der Waals surface area contributed by atoms with E-state index in [1.807, 2.05) is 30.3 Å². The summed E-state index contributed by atoms with van der Waals surface area (Å²) in [5.41, 5.74) is 1.44. The first-order valence-electron chi connectivity index (χ1n) is 12.0. The van der Waals surface area contributed by atoms with Gasteiger partial charge >= 0.3 is 5.97 Å². The highest BCUT2D eigenvalue weighted by Crippen LogP contribution is 2.64. The van der Waals surface area contributed by atoms with Gasteiger partial charge in [-0.25, -0.2) is 0 Å². The van der Waals surface area contributed by atoms with Gasteiger partial charge in [0.15, 0.2) is 6.10 Å². The molecule has 3 aromatic rings. The number of anilines is 1. The number of rotatable bonds is 5. The number of para-hydroxylation sites is 1. The Kier molecular flexibility index (Phi) is 5.00. The number of hydrogen-bond acceptors (Lipinski definition) is 5. The van der Waals surface area contributed by atoms with E-state index < -0.39 is 11.5 Å². The molecule has 0 unspecified atom stereocenters. The molecule has 1 N–H and O–H groups in total. The summed E-state index contributed by atoms with van der Waals surface area (Å²) in [6.45, 7) is 1.63. The van der Waals surface area contributed by atoms with Crippen LogP contribution in [0.4, 0.5) is 5.69 Å². The predicted molar refractivity (Wildman–Crippen MR) is 133 cm³/mol. The summed E-state index contributed by atoms with van der Waals surface area (Å²) in [4.78, 5) is 26.4. The van der Waals surface area contributed by atoms with E-state index in [0.717, 1.165) is 48.5 Å². The molecule has 0 saturated heterocycles. The molecular formula is C27H28BrNO5. The molecule has 6 nitrogen and oxygen atoms in total. The fraction of sp³-hybridized carbons (Fsp3) is 0.481. The lowest BCUT2D eigenvalue weighted by atomic mass is 9.49. The molecule has 4 aliphatic rings. The number of furan rings is 1. The Morgan fingerprint density at radius 3 is 2.53 bits per heavy atom. The third-order valence-corrected chi connectivity index (χ3v) is 8.96. The number of carbonyl (C=O) groups is 2. The molecule has 1 amide bonds. The Bertz CT molecular complexity index is 1300. The van der Waals surface area contributed by atoms with E-state index in [2.05, 4.69) is 21.2 Å². The van der Waals surface area contributed by atoms with Gasteiger partial charge in [-0.1, -0.05) is 34.1 Å². The van der Waals surface area contributed by atoms with Crippen molar-refractivity contribution in [2.45, 2.75) is 55.9 Å². The molecule has 1 aromatic heterocycles. The molecule has 0 aliphatic heterocycles. The number of benzene rings is 2. The van der Waals surface area contributed by atoms with Gasteiger partial charge in [-0.15, -0.1) is 0 Å². The Morgan fingerprint density at radius 2 is 1.82 bits per heavy atom. The predicted octanol–water partition coefficient (Wildman–Crippen LogP) is 6.20. The summed E-state index contributed by atoms with van der Waals surface area (Å²) in [7, 11) is 1.56. The SMILES string of the molecule is COc1cc2c(cc1NC(=O)[C@H](C)OC(=O)C13C[C@H]4C[C@@H](CC(Br)(C4)C1)C3)oc1ccccc12. The highest BCUT2D eigenvalue weighted by atomic mass is 79.9. The van der Waals surface area contributed by atoms with Crippen molar-refractivity contribution < 1.29 is 23.5 Å². The van der Waals surface area contributed by atoms with Crippen molar-refractivity contribution in [3.05, 3.63) is 36.4 Å². The number of ether oxygens (including phenoxy) is 2. The van der Waals surface area contributed by atoms with Crippen molar-refractivity contribution >= 4 is 55.4 Å². The van der Waals surface area contributed by atoms with Crippen LogP contribution in [0.2, 0.25) is 0 Å². The van der Waals surface area contributed by atoms with E-state index in [-0.39, 0.29) is 16.2 Å². The topological polar surface area (TPSA) is 77.8 Å². The first-order valence-corrected chi connectivity index (χ1v) is 12.8. The Hall–Kier alpha value is -2.54. The second-order valence-corrected chi connectivity index (χ2v) is 12.3. The molecule has 4 fully saturated rings. The van der Waals surface area contributed by atoms with Gasteiger partial charge in [-0.2, -0.15) is 0 Å². The van der Waals surface area contributed by atoms with Gasteiger partial charge in [0.25, 0.3) is 5.91 Å². The van der Waals surface area contributed by atoms with Crippen molar-refractivity contribution in [3.8, 4) is 5.75 Å². The minimum absolute atomic E-state index is 0.0525. The maximum absolute atomic E-state index is 13.3. The molecule has 178 valence electrons. The van der Waals surface area contributed by atoms with Crippen molar-refractivity contribution in [3.63, 3.8) is 0 Å². The van der Waals surface area contributed by atoms with Gasteiger partial charge in [0.05, 0.1) is 18.2 Å². The lowest BCUT2D eigenvalue weighted by Gasteiger charge is -2.58. The quantitative estimate of drug-likeness (QED) is 0.317. The Labute approximate surface area is 206 Å². The van der Waals surface area contributed by atoms with E-state index in [4.69, 9.17) is 13.9 Å². The summed E-state index contributed by atoms with van der Waals surface area (Å²) in [5, 5.41) is 4.77.